The van der Waals surface area contributed by atoms with Gasteiger partial charge in [0.05, 0.1) is 0 Å². The summed E-state index contributed by atoms with van der Waals surface area (Å²) in [6.07, 6.45) is 2.25. The molecule has 0 spiro atoms. The molecule has 1 aromatic carbocycles. The molecule has 0 bridgehead atoms. The summed E-state index contributed by atoms with van der Waals surface area (Å²) in [5.41, 5.74) is 6.15. The van der Waals surface area contributed by atoms with Crippen LogP contribution in [0.1, 0.15) is 28.8 Å². The first-order valence-electron chi connectivity index (χ1n) is 7.05. The fourth-order valence-corrected chi connectivity index (χ4v) is 2.73. The van der Waals surface area contributed by atoms with Gasteiger partial charge in [0.1, 0.15) is 5.82 Å². The van der Waals surface area contributed by atoms with Crippen molar-refractivity contribution in [2.45, 2.75) is 19.4 Å². The van der Waals surface area contributed by atoms with Gasteiger partial charge in [-0.2, -0.15) is 0 Å². The number of halogens is 1. The van der Waals surface area contributed by atoms with Crippen LogP contribution in [0.2, 0.25) is 0 Å². The summed E-state index contributed by atoms with van der Waals surface area (Å²) in [6, 6.07) is 4.32. The molecule has 1 aromatic rings. The fourth-order valence-electron chi connectivity index (χ4n) is 2.73. The molecule has 1 aliphatic rings. The van der Waals surface area contributed by atoms with Crippen molar-refractivity contribution in [2.24, 2.45) is 11.7 Å². The SMILES string of the molecule is CNCC1CCN(Cc2cc(C(N)=O)ccc2F)CC1. The van der Waals surface area contributed by atoms with Gasteiger partial charge in [0, 0.05) is 17.7 Å². The summed E-state index contributed by atoms with van der Waals surface area (Å²) < 4.78 is 13.8. The van der Waals surface area contributed by atoms with Gasteiger partial charge in [-0.25, -0.2) is 4.39 Å². The van der Waals surface area contributed by atoms with Crippen molar-refractivity contribution in [1.29, 1.82) is 0 Å². The Morgan fingerprint density at radius 2 is 2.15 bits per heavy atom. The number of nitrogens with two attached hydrogens (primary N) is 1. The minimum atomic E-state index is -0.515. The second-order valence-electron chi connectivity index (χ2n) is 5.45. The van der Waals surface area contributed by atoms with Crippen LogP contribution in [0.3, 0.4) is 0 Å². The van der Waals surface area contributed by atoms with Crippen LogP contribution in [0.25, 0.3) is 0 Å². The van der Waals surface area contributed by atoms with Crippen molar-refractivity contribution in [3.63, 3.8) is 0 Å². The molecular formula is C15H22FN3O. The highest BCUT2D eigenvalue weighted by Crippen LogP contribution is 2.20. The van der Waals surface area contributed by atoms with E-state index in [1.165, 1.54) is 12.1 Å². The Labute approximate surface area is 119 Å². The highest BCUT2D eigenvalue weighted by Gasteiger charge is 2.19. The average molecular weight is 279 g/mol. The van der Waals surface area contributed by atoms with Gasteiger partial charge >= 0.3 is 0 Å². The van der Waals surface area contributed by atoms with E-state index in [0.717, 1.165) is 32.5 Å². The summed E-state index contributed by atoms with van der Waals surface area (Å²) in [6.45, 7) is 3.51. The lowest BCUT2D eigenvalue weighted by atomic mass is 9.96. The molecule has 0 aliphatic carbocycles. The number of piperidine rings is 1. The molecular weight excluding hydrogens is 257 g/mol. The molecule has 1 saturated heterocycles. The number of carbonyl (C=O) groups is 1. The topological polar surface area (TPSA) is 58.4 Å². The number of hydrogen-bond acceptors (Lipinski definition) is 3. The fraction of sp³-hybridized carbons (Fsp3) is 0.533. The molecule has 0 saturated carbocycles. The van der Waals surface area contributed by atoms with Gasteiger partial charge in [-0.3, -0.25) is 9.69 Å². The summed E-state index contributed by atoms with van der Waals surface area (Å²) in [4.78, 5) is 13.4. The molecule has 0 aromatic heterocycles. The Hall–Kier alpha value is -1.46. The van der Waals surface area contributed by atoms with E-state index in [2.05, 4.69) is 10.2 Å². The van der Waals surface area contributed by atoms with E-state index in [-0.39, 0.29) is 5.82 Å². The maximum Gasteiger partial charge on any atom is 0.248 e. The van der Waals surface area contributed by atoms with Gasteiger partial charge in [-0.1, -0.05) is 0 Å². The third kappa shape index (κ3) is 3.77. The normalized spacial score (nSPS) is 17.3. The minimum absolute atomic E-state index is 0.271. The van der Waals surface area contributed by atoms with Gasteiger partial charge in [0.25, 0.3) is 0 Å². The Bertz CT molecular complexity index is 470. The number of rotatable bonds is 5. The van der Waals surface area contributed by atoms with E-state index in [1.54, 1.807) is 6.07 Å². The van der Waals surface area contributed by atoms with Crippen molar-refractivity contribution in [3.8, 4) is 0 Å². The van der Waals surface area contributed by atoms with Crippen molar-refractivity contribution in [3.05, 3.63) is 35.1 Å². The highest BCUT2D eigenvalue weighted by molar-refractivity contribution is 5.92. The van der Waals surface area contributed by atoms with E-state index < -0.39 is 5.91 Å². The smallest absolute Gasteiger partial charge is 0.248 e. The third-order valence-corrected chi connectivity index (χ3v) is 3.92. The third-order valence-electron chi connectivity index (χ3n) is 3.92. The average Bonchev–Trinajstić information content (AvgIpc) is 2.43. The minimum Gasteiger partial charge on any atom is -0.366 e. The van der Waals surface area contributed by atoms with E-state index in [1.807, 2.05) is 7.05 Å². The van der Waals surface area contributed by atoms with Crippen LogP contribution >= 0.6 is 0 Å². The lowest BCUT2D eigenvalue weighted by Crippen LogP contribution is -2.36. The standard InChI is InChI=1S/C15H22FN3O/c1-18-9-11-4-6-19(7-5-11)10-13-8-12(15(17)20)2-3-14(13)16/h2-3,8,11,18H,4-7,9-10H2,1H3,(H2,17,20). The van der Waals surface area contributed by atoms with E-state index in [9.17, 15) is 9.18 Å². The van der Waals surface area contributed by atoms with Crippen molar-refractivity contribution in [2.75, 3.05) is 26.7 Å². The lowest BCUT2D eigenvalue weighted by Gasteiger charge is -2.32. The Morgan fingerprint density at radius 3 is 2.75 bits per heavy atom. The van der Waals surface area contributed by atoms with Gasteiger partial charge in [-0.15, -0.1) is 0 Å². The van der Waals surface area contributed by atoms with Gasteiger partial charge in [-0.05, 0) is 63.6 Å². The van der Waals surface area contributed by atoms with Gasteiger partial charge < -0.3 is 11.1 Å². The van der Waals surface area contributed by atoms with Crippen LogP contribution in [0.4, 0.5) is 4.39 Å². The summed E-state index contributed by atoms with van der Waals surface area (Å²) in [5.74, 6) is -0.0793. The predicted octanol–water partition coefficient (Wildman–Crippen LogP) is 1.36. The van der Waals surface area contributed by atoms with Crippen LogP contribution in [0, 0.1) is 11.7 Å². The van der Waals surface area contributed by atoms with E-state index >= 15 is 0 Å². The number of hydrogen-bond donors (Lipinski definition) is 2. The number of benzene rings is 1. The molecule has 1 fully saturated rings. The first-order chi connectivity index (χ1) is 9.60. The monoisotopic (exact) mass is 279 g/mol. The maximum atomic E-state index is 13.8. The molecule has 20 heavy (non-hydrogen) atoms. The van der Waals surface area contributed by atoms with Crippen LogP contribution in [-0.4, -0.2) is 37.5 Å². The second-order valence-corrected chi connectivity index (χ2v) is 5.45. The quantitative estimate of drug-likeness (QED) is 0.855. The lowest BCUT2D eigenvalue weighted by molar-refractivity contribution is 0.1000. The number of nitrogens with zero attached hydrogens (tertiary/aromatic N) is 1. The Balaban J connectivity index is 1.97. The molecule has 2 rings (SSSR count). The van der Waals surface area contributed by atoms with Crippen LogP contribution in [-0.2, 0) is 6.54 Å². The Morgan fingerprint density at radius 1 is 1.45 bits per heavy atom. The number of primary amides is 1. The molecule has 0 radical (unpaired) electrons. The van der Waals surface area contributed by atoms with Gasteiger partial charge in [0.15, 0.2) is 0 Å². The number of nitrogens with one attached hydrogen (secondary N) is 1. The molecule has 1 amide bonds. The molecule has 5 heteroatoms. The zero-order chi connectivity index (χ0) is 14.5. The molecule has 3 N–H and O–H groups in total. The van der Waals surface area contributed by atoms with Crippen molar-refractivity contribution < 1.29 is 9.18 Å². The van der Waals surface area contributed by atoms with E-state index in [0.29, 0.717) is 23.6 Å². The maximum absolute atomic E-state index is 13.8. The first kappa shape index (κ1) is 14.9. The van der Waals surface area contributed by atoms with Crippen LogP contribution in [0.5, 0.6) is 0 Å². The second kappa shape index (κ2) is 6.81. The molecule has 0 atom stereocenters. The predicted molar refractivity (Wildman–Crippen MR) is 76.8 cm³/mol. The number of amides is 1. The summed E-state index contributed by atoms with van der Waals surface area (Å²) in [7, 11) is 1.97. The van der Waals surface area contributed by atoms with Crippen molar-refractivity contribution >= 4 is 5.91 Å². The van der Waals surface area contributed by atoms with E-state index in [4.69, 9.17) is 5.73 Å². The summed E-state index contributed by atoms with van der Waals surface area (Å²) in [5, 5.41) is 3.20. The zero-order valence-electron chi connectivity index (χ0n) is 11.9. The molecule has 0 unspecified atom stereocenters. The van der Waals surface area contributed by atoms with Crippen LogP contribution < -0.4 is 11.1 Å². The molecule has 4 nitrogen and oxygen atoms in total. The van der Waals surface area contributed by atoms with Crippen molar-refractivity contribution in [1.82, 2.24) is 10.2 Å². The number of likely N-dealkylation sites (tertiary alicyclic amines) is 1. The zero-order valence-corrected chi connectivity index (χ0v) is 11.9. The summed E-state index contributed by atoms with van der Waals surface area (Å²) >= 11 is 0. The molecule has 110 valence electrons. The molecule has 1 aliphatic heterocycles. The van der Waals surface area contributed by atoms with Crippen LogP contribution in [0.15, 0.2) is 18.2 Å². The van der Waals surface area contributed by atoms with Gasteiger partial charge in [0.2, 0.25) is 5.91 Å². The largest absolute Gasteiger partial charge is 0.366 e. The first-order valence-corrected chi connectivity index (χ1v) is 7.05. The molecule has 1 heterocycles. The number of carbonyl (C=O) groups excluding carboxylic acids is 1. The Kier molecular flexibility index (Phi) is 5.09. The highest BCUT2D eigenvalue weighted by atomic mass is 19.1.